The summed E-state index contributed by atoms with van der Waals surface area (Å²) in [4.78, 5) is 0. The van der Waals surface area contributed by atoms with Gasteiger partial charge in [-0.3, -0.25) is 0 Å². The molecule has 0 aliphatic carbocycles. The molecule has 0 N–H and O–H groups in total. The van der Waals surface area contributed by atoms with Crippen LogP contribution in [0.15, 0.2) is 42.5 Å². The summed E-state index contributed by atoms with van der Waals surface area (Å²) in [6.45, 7) is 0.419. The highest BCUT2D eigenvalue weighted by atomic mass is 35.5. The minimum Gasteiger partial charge on any atom is -0.486 e. The van der Waals surface area contributed by atoms with Crippen LogP contribution in [-0.2, 0) is 6.61 Å². The predicted molar refractivity (Wildman–Crippen MR) is 72.2 cm³/mol. The van der Waals surface area contributed by atoms with Gasteiger partial charge in [-0.1, -0.05) is 65.1 Å². The predicted octanol–water partition coefficient (Wildman–Crippen LogP) is 5.23. The van der Waals surface area contributed by atoms with Gasteiger partial charge in [0.15, 0.2) is 5.75 Å². The first-order valence-electron chi connectivity index (χ1n) is 4.98. The second-order valence-electron chi connectivity index (χ2n) is 3.47. The molecule has 2 aromatic rings. The van der Waals surface area contributed by atoms with E-state index in [1.165, 1.54) is 0 Å². The van der Waals surface area contributed by atoms with E-state index in [-0.39, 0.29) is 0 Å². The molecule has 0 fully saturated rings. The van der Waals surface area contributed by atoms with E-state index in [4.69, 9.17) is 39.5 Å². The van der Waals surface area contributed by atoms with Crippen molar-refractivity contribution in [1.82, 2.24) is 0 Å². The molecule has 88 valence electrons. The summed E-state index contributed by atoms with van der Waals surface area (Å²) < 4.78 is 5.59. The van der Waals surface area contributed by atoms with E-state index in [1.54, 1.807) is 12.1 Å². The van der Waals surface area contributed by atoms with E-state index in [9.17, 15) is 0 Å². The molecule has 2 aromatic carbocycles. The molecule has 0 radical (unpaired) electrons. The second-order valence-corrected chi connectivity index (χ2v) is 4.72. The fraction of sp³-hybridized carbons (Fsp3) is 0.0769. The van der Waals surface area contributed by atoms with Crippen LogP contribution in [0.5, 0.6) is 5.75 Å². The van der Waals surface area contributed by atoms with Gasteiger partial charge < -0.3 is 4.74 Å². The highest BCUT2D eigenvalue weighted by molar-refractivity contribution is 6.40. The number of rotatable bonds is 3. The summed E-state index contributed by atoms with van der Waals surface area (Å²) in [5, 5.41) is 1.32. The van der Waals surface area contributed by atoms with Crippen LogP contribution in [0, 0.1) is 0 Å². The Morgan fingerprint density at radius 3 is 2.06 bits per heavy atom. The van der Waals surface area contributed by atoms with Crippen molar-refractivity contribution in [2.45, 2.75) is 6.61 Å². The molecule has 0 saturated carbocycles. The standard InChI is InChI=1S/C13H9Cl3O/c14-10-6-11(15)13(12(16)7-10)17-8-9-4-2-1-3-5-9/h1-7H,8H2. The smallest absolute Gasteiger partial charge is 0.157 e. The zero-order chi connectivity index (χ0) is 12.3. The zero-order valence-corrected chi connectivity index (χ0v) is 11.1. The molecule has 0 aliphatic rings. The molecule has 0 bridgehead atoms. The van der Waals surface area contributed by atoms with Crippen LogP contribution in [0.1, 0.15) is 5.56 Å². The lowest BCUT2D eigenvalue weighted by atomic mass is 10.2. The van der Waals surface area contributed by atoms with Crippen molar-refractivity contribution in [2.75, 3.05) is 0 Å². The Morgan fingerprint density at radius 1 is 0.882 bits per heavy atom. The van der Waals surface area contributed by atoms with E-state index in [0.717, 1.165) is 5.56 Å². The topological polar surface area (TPSA) is 9.23 Å². The van der Waals surface area contributed by atoms with Gasteiger partial charge in [-0.15, -0.1) is 0 Å². The van der Waals surface area contributed by atoms with E-state index >= 15 is 0 Å². The third-order valence-corrected chi connectivity index (χ3v) is 2.97. The molecule has 0 atom stereocenters. The summed E-state index contributed by atoms with van der Waals surface area (Å²) in [7, 11) is 0. The van der Waals surface area contributed by atoms with Gasteiger partial charge in [0, 0.05) is 5.02 Å². The normalized spacial score (nSPS) is 10.3. The van der Waals surface area contributed by atoms with Crippen LogP contribution in [0.25, 0.3) is 0 Å². The van der Waals surface area contributed by atoms with Gasteiger partial charge in [0.2, 0.25) is 0 Å². The average molecular weight is 288 g/mol. The summed E-state index contributed by atoms with van der Waals surface area (Å²) in [6.07, 6.45) is 0. The van der Waals surface area contributed by atoms with Crippen molar-refractivity contribution in [3.63, 3.8) is 0 Å². The van der Waals surface area contributed by atoms with E-state index in [1.807, 2.05) is 30.3 Å². The Bertz CT molecular complexity index is 488. The molecule has 4 heteroatoms. The Balaban J connectivity index is 2.15. The summed E-state index contributed by atoms with van der Waals surface area (Å²) >= 11 is 17.8. The van der Waals surface area contributed by atoms with Crippen molar-refractivity contribution >= 4 is 34.8 Å². The molecule has 0 unspecified atom stereocenters. The first kappa shape index (κ1) is 12.6. The first-order chi connectivity index (χ1) is 8.16. The molecule has 0 heterocycles. The molecule has 1 nitrogen and oxygen atoms in total. The molecule has 0 aliphatic heterocycles. The molecule has 0 saturated heterocycles. The van der Waals surface area contributed by atoms with Gasteiger partial charge in [0.05, 0.1) is 10.0 Å². The monoisotopic (exact) mass is 286 g/mol. The van der Waals surface area contributed by atoms with E-state index in [2.05, 4.69) is 0 Å². The number of hydrogen-bond acceptors (Lipinski definition) is 1. The van der Waals surface area contributed by atoms with Crippen molar-refractivity contribution in [3.05, 3.63) is 63.1 Å². The summed E-state index contributed by atoms with van der Waals surface area (Å²) in [6, 6.07) is 13.0. The lowest BCUT2D eigenvalue weighted by molar-refractivity contribution is 0.306. The number of halogens is 3. The maximum atomic E-state index is 6.01. The van der Waals surface area contributed by atoms with Crippen molar-refractivity contribution in [2.24, 2.45) is 0 Å². The third-order valence-electron chi connectivity index (χ3n) is 2.19. The lowest BCUT2D eigenvalue weighted by Gasteiger charge is -2.10. The van der Waals surface area contributed by atoms with E-state index < -0.39 is 0 Å². The molecular formula is C13H9Cl3O. The van der Waals surface area contributed by atoms with Gasteiger partial charge in [-0.2, -0.15) is 0 Å². The fourth-order valence-electron chi connectivity index (χ4n) is 1.40. The van der Waals surface area contributed by atoms with Crippen molar-refractivity contribution in [3.8, 4) is 5.75 Å². The van der Waals surface area contributed by atoms with Gasteiger partial charge in [0.1, 0.15) is 6.61 Å². The molecule has 17 heavy (non-hydrogen) atoms. The maximum absolute atomic E-state index is 6.01. The highest BCUT2D eigenvalue weighted by Gasteiger charge is 2.09. The molecule has 0 spiro atoms. The molecular weight excluding hydrogens is 279 g/mol. The van der Waals surface area contributed by atoms with E-state index in [0.29, 0.717) is 27.4 Å². The van der Waals surface area contributed by atoms with Gasteiger partial charge >= 0.3 is 0 Å². The van der Waals surface area contributed by atoms with Crippen LogP contribution in [0.3, 0.4) is 0 Å². The molecule has 0 aromatic heterocycles. The number of benzene rings is 2. The Hall–Kier alpha value is -0.890. The minimum atomic E-state index is 0.415. The third kappa shape index (κ3) is 3.29. The summed E-state index contributed by atoms with van der Waals surface area (Å²) in [5.74, 6) is 0.460. The van der Waals surface area contributed by atoms with Crippen molar-refractivity contribution in [1.29, 1.82) is 0 Å². The summed E-state index contributed by atoms with van der Waals surface area (Å²) in [5.41, 5.74) is 1.05. The van der Waals surface area contributed by atoms with Gasteiger partial charge in [-0.05, 0) is 17.7 Å². The van der Waals surface area contributed by atoms with Crippen LogP contribution >= 0.6 is 34.8 Å². The minimum absolute atomic E-state index is 0.415. The quantitative estimate of drug-likeness (QED) is 0.751. The van der Waals surface area contributed by atoms with Crippen LogP contribution < -0.4 is 4.74 Å². The van der Waals surface area contributed by atoms with Crippen LogP contribution in [-0.4, -0.2) is 0 Å². The fourth-order valence-corrected chi connectivity index (χ4v) is 2.32. The van der Waals surface area contributed by atoms with Crippen LogP contribution in [0.2, 0.25) is 15.1 Å². The Kier molecular flexibility index (Phi) is 4.16. The van der Waals surface area contributed by atoms with Crippen molar-refractivity contribution < 1.29 is 4.74 Å². The zero-order valence-electron chi connectivity index (χ0n) is 8.79. The van der Waals surface area contributed by atoms with Gasteiger partial charge in [0.25, 0.3) is 0 Å². The lowest BCUT2D eigenvalue weighted by Crippen LogP contribution is -1.96. The van der Waals surface area contributed by atoms with Gasteiger partial charge in [-0.25, -0.2) is 0 Å². The Morgan fingerprint density at radius 2 is 1.47 bits per heavy atom. The SMILES string of the molecule is Clc1cc(Cl)c(OCc2ccccc2)c(Cl)c1. The maximum Gasteiger partial charge on any atom is 0.157 e. The highest BCUT2D eigenvalue weighted by Crippen LogP contribution is 2.36. The first-order valence-corrected chi connectivity index (χ1v) is 6.11. The second kappa shape index (κ2) is 5.63. The van der Waals surface area contributed by atoms with Crippen LogP contribution in [0.4, 0.5) is 0 Å². The molecule has 2 rings (SSSR count). The number of ether oxygens (including phenoxy) is 1. The average Bonchev–Trinajstić information content (AvgIpc) is 2.29. The molecule has 0 amide bonds. The Labute approximate surface area is 115 Å². The largest absolute Gasteiger partial charge is 0.486 e. The number of hydrogen-bond donors (Lipinski definition) is 0.